The lowest BCUT2D eigenvalue weighted by Crippen LogP contribution is -2.53. The summed E-state index contributed by atoms with van der Waals surface area (Å²) in [5.74, 6) is 0.246. The fourth-order valence-corrected chi connectivity index (χ4v) is 4.04. The smallest absolute Gasteiger partial charge is 0.287 e. The number of fused-ring (bicyclic) bond motifs is 1. The number of carbonyl (C=O) groups is 1. The molecular weight excluding hydrogens is 336 g/mol. The molecule has 0 radical (unpaired) electrons. The topological polar surface area (TPSA) is 45.5 Å². The summed E-state index contributed by atoms with van der Waals surface area (Å²) in [6, 6.07) is 3.77. The second kappa shape index (κ2) is 7.00. The molecule has 1 aliphatic rings. The number of benzene rings is 1. The summed E-state index contributed by atoms with van der Waals surface area (Å²) in [4.78, 5) is 15.0. The van der Waals surface area contributed by atoms with E-state index in [2.05, 4.69) is 24.3 Å². The van der Waals surface area contributed by atoms with Gasteiger partial charge in [-0.1, -0.05) is 30.9 Å². The summed E-state index contributed by atoms with van der Waals surface area (Å²) in [6.45, 7) is 4.49. The third-order valence-electron chi connectivity index (χ3n) is 5.73. The van der Waals surface area contributed by atoms with E-state index in [0.717, 1.165) is 29.4 Å². The summed E-state index contributed by atoms with van der Waals surface area (Å²) in [7, 11) is 4.21. The van der Waals surface area contributed by atoms with Crippen LogP contribution in [0.2, 0.25) is 5.02 Å². The van der Waals surface area contributed by atoms with Crippen LogP contribution >= 0.6 is 11.6 Å². The van der Waals surface area contributed by atoms with Crippen LogP contribution in [0.25, 0.3) is 11.0 Å². The second-order valence-electron chi connectivity index (χ2n) is 7.52. The molecule has 1 aromatic carbocycles. The number of rotatable bonds is 4. The molecule has 1 aliphatic carbocycles. The molecule has 0 bridgehead atoms. The molecule has 1 N–H and O–H groups in total. The zero-order chi connectivity index (χ0) is 18.2. The Bertz CT molecular complexity index is 789. The lowest BCUT2D eigenvalue weighted by Gasteiger charge is -2.43. The third-order valence-corrected chi connectivity index (χ3v) is 6.14. The van der Waals surface area contributed by atoms with Gasteiger partial charge < -0.3 is 14.6 Å². The van der Waals surface area contributed by atoms with Crippen molar-refractivity contribution in [2.45, 2.75) is 51.5 Å². The molecule has 5 heteroatoms. The Hall–Kier alpha value is -1.52. The Morgan fingerprint density at radius 3 is 2.56 bits per heavy atom. The Morgan fingerprint density at radius 2 is 1.92 bits per heavy atom. The summed E-state index contributed by atoms with van der Waals surface area (Å²) in [5.41, 5.74) is 2.55. The SMILES string of the molecule is Cc1cc2oc(C(=O)NCC3(N(C)C)CCCCC3)c(C)c2cc1Cl. The number of nitrogens with zero attached hydrogens (tertiary/aromatic N) is 1. The van der Waals surface area contributed by atoms with Gasteiger partial charge in [0.1, 0.15) is 5.58 Å². The number of amides is 1. The van der Waals surface area contributed by atoms with Crippen molar-refractivity contribution < 1.29 is 9.21 Å². The maximum atomic E-state index is 12.8. The molecule has 1 aromatic heterocycles. The number of likely N-dealkylation sites (N-methyl/N-ethyl adjacent to an activating group) is 1. The average Bonchev–Trinajstić information content (AvgIpc) is 2.90. The molecule has 0 atom stereocenters. The van der Waals surface area contributed by atoms with Crippen molar-refractivity contribution in [3.8, 4) is 0 Å². The monoisotopic (exact) mass is 362 g/mol. The summed E-state index contributed by atoms with van der Waals surface area (Å²) in [5, 5.41) is 4.71. The van der Waals surface area contributed by atoms with Crippen LogP contribution in [-0.2, 0) is 0 Å². The normalized spacial score (nSPS) is 17.2. The van der Waals surface area contributed by atoms with Gasteiger partial charge in [-0.05, 0) is 58.5 Å². The lowest BCUT2D eigenvalue weighted by atomic mass is 9.80. The van der Waals surface area contributed by atoms with E-state index in [1.165, 1.54) is 19.3 Å². The Balaban J connectivity index is 1.81. The van der Waals surface area contributed by atoms with Crippen LogP contribution in [0.3, 0.4) is 0 Å². The van der Waals surface area contributed by atoms with Gasteiger partial charge in [-0.25, -0.2) is 0 Å². The van der Waals surface area contributed by atoms with Crippen LogP contribution in [0, 0.1) is 13.8 Å². The second-order valence-corrected chi connectivity index (χ2v) is 7.92. The Morgan fingerprint density at radius 1 is 1.24 bits per heavy atom. The maximum Gasteiger partial charge on any atom is 0.287 e. The van der Waals surface area contributed by atoms with Gasteiger partial charge in [0.25, 0.3) is 5.91 Å². The first-order chi connectivity index (χ1) is 11.8. The van der Waals surface area contributed by atoms with E-state index in [-0.39, 0.29) is 11.4 Å². The zero-order valence-corrected chi connectivity index (χ0v) is 16.3. The number of carbonyl (C=O) groups excluding carboxylic acids is 1. The van der Waals surface area contributed by atoms with Gasteiger partial charge >= 0.3 is 0 Å². The van der Waals surface area contributed by atoms with E-state index in [4.69, 9.17) is 16.0 Å². The first-order valence-corrected chi connectivity index (χ1v) is 9.37. The molecule has 1 fully saturated rings. The summed E-state index contributed by atoms with van der Waals surface area (Å²) in [6.07, 6.45) is 5.96. The predicted octanol–water partition coefficient (Wildman–Crippen LogP) is 4.70. The number of halogens is 1. The number of aryl methyl sites for hydroxylation is 2. The highest BCUT2D eigenvalue weighted by atomic mass is 35.5. The van der Waals surface area contributed by atoms with Crippen LogP contribution in [0.15, 0.2) is 16.5 Å². The van der Waals surface area contributed by atoms with Crippen molar-refractivity contribution in [1.29, 1.82) is 0 Å². The van der Waals surface area contributed by atoms with Gasteiger partial charge in [-0.15, -0.1) is 0 Å². The molecule has 0 spiro atoms. The molecule has 0 aliphatic heterocycles. The van der Waals surface area contributed by atoms with E-state index >= 15 is 0 Å². The molecule has 1 saturated carbocycles. The van der Waals surface area contributed by atoms with E-state index in [1.807, 2.05) is 26.0 Å². The van der Waals surface area contributed by atoms with Crippen LogP contribution in [-0.4, -0.2) is 37.0 Å². The molecule has 1 amide bonds. The third kappa shape index (κ3) is 3.42. The minimum absolute atomic E-state index is 0.0493. The summed E-state index contributed by atoms with van der Waals surface area (Å²) < 4.78 is 5.85. The zero-order valence-electron chi connectivity index (χ0n) is 15.5. The predicted molar refractivity (Wildman–Crippen MR) is 103 cm³/mol. The van der Waals surface area contributed by atoms with Gasteiger partial charge in [0, 0.05) is 28.1 Å². The lowest BCUT2D eigenvalue weighted by molar-refractivity contribution is 0.0780. The van der Waals surface area contributed by atoms with Crippen molar-refractivity contribution in [2.75, 3.05) is 20.6 Å². The largest absolute Gasteiger partial charge is 0.451 e. The van der Waals surface area contributed by atoms with Crippen molar-refractivity contribution in [1.82, 2.24) is 10.2 Å². The minimum atomic E-state index is -0.144. The molecule has 2 aromatic rings. The highest BCUT2D eigenvalue weighted by Crippen LogP contribution is 2.33. The van der Waals surface area contributed by atoms with E-state index in [0.29, 0.717) is 22.9 Å². The Labute approximate surface area is 154 Å². The molecule has 25 heavy (non-hydrogen) atoms. The molecular formula is C20H27ClN2O2. The van der Waals surface area contributed by atoms with Crippen LogP contribution in [0.4, 0.5) is 0 Å². The van der Waals surface area contributed by atoms with Crippen molar-refractivity contribution in [3.05, 3.63) is 34.0 Å². The van der Waals surface area contributed by atoms with Crippen molar-refractivity contribution in [3.63, 3.8) is 0 Å². The van der Waals surface area contributed by atoms with E-state index in [9.17, 15) is 4.79 Å². The standard InChI is InChI=1S/C20H27ClN2O2/c1-13-10-17-15(11-16(13)21)14(2)18(25-17)19(24)22-12-20(23(3)4)8-6-5-7-9-20/h10-11H,5-9,12H2,1-4H3,(H,22,24). The number of hydrogen-bond acceptors (Lipinski definition) is 3. The van der Waals surface area contributed by atoms with Gasteiger partial charge in [-0.2, -0.15) is 0 Å². The van der Waals surface area contributed by atoms with Gasteiger partial charge in [-0.3, -0.25) is 4.79 Å². The number of furan rings is 1. The first kappa shape index (κ1) is 18.3. The summed E-state index contributed by atoms with van der Waals surface area (Å²) >= 11 is 6.22. The van der Waals surface area contributed by atoms with Crippen LogP contribution < -0.4 is 5.32 Å². The quantitative estimate of drug-likeness (QED) is 0.857. The molecule has 1 heterocycles. The number of nitrogens with one attached hydrogen (secondary N) is 1. The highest BCUT2D eigenvalue weighted by molar-refractivity contribution is 6.32. The molecule has 4 nitrogen and oxygen atoms in total. The van der Waals surface area contributed by atoms with E-state index in [1.54, 1.807) is 0 Å². The van der Waals surface area contributed by atoms with Crippen LogP contribution in [0.5, 0.6) is 0 Å². The van der Waals surface area contributed by atoms with Crippen LogP contribution in [0.1, 0.15) is 53.8 Å². The average molecular weight is 363 g/mol. The van der Waals surface area contributed by atoms with Gasteiger partial charge in [0.15, 0.2) is 5.76 Å². The highest BCUT2D eigenvalue weighted by Gasteiger charge is 2.35. The molecule has 0 saturated heterocycles. The molecule has 3 rings (SSSR count). The van der Waals surface area contributed by atoms with Crippen molar-refractivity contribution in [2.24, 2.45) is 0 Å². The van der Waals surface area contributed by atoms with Crippen molar-refractivity contribution >= 4 is 28.5 Å². The van der Waals surface area contributed by atoms with Gasteiger partial charge in [0.05, 0.1) is 0 Å². The number of hydrogen-bond donors (Lipinski definition) is 1. The maximum absolute atomic E-state index is 12.8. The fraction of sp³-hybridized carbons (Fsp3) is 0.550. The first-order valence-electron chi connectivity index (χ1n) is 8.99. The molecule has 136 valence electrons. The fourth-order valence-electron chi connectivity index (χ4n) is 3.88. The molecule has 0 unspecified atom stereocenters. The minimum Gasteiger partial charge on any atom is -0.451 e. The Kier molecular flexibility index (Phi) is 5.12. The van der Waals surface area contributed by atoms with E-state index < -0.39 is 0 Å². The van der Waals surface area contributed by atoms with Gasteiger partial charge in [0.2, 0.25) is 0 Å².